The minimum absolute atomic E-state index is 0.131. The maximum atomic E-state index is 12.6. The summed E-state index contributed by atoms with van der Waals surface area (Å²) < 4.78 is 4.22. The average Bonchev–Trinajstić information content (AvgIpc) is 2.90. The van der Waals surface area contributed by atoms with Crippen LogP contribution in [0.5, 0.6) is 0 Å². The zero-order chi connectivity index (χ0) is 14.1. The molecule has 2 nitrogen and oxygen atoms in total. The Hall–Kier alpha value is -1.52. The van der Waals surface area contributed by atoms with Gasteiger partial charge in [0.1, 0.15) is 4.70 Å². The molecule has 3 rings (SSSR count). The van der Waals surface area contributed by atoms with Crippen molar-refractivity contribution < 1.29 is 9.36 Å². The number of nitrogens with zero attached hydrogens (tertiary/aromatic N) is 1. The lowest BCUT2D eigenvalue weighted by atomic mass is 10.1. The van der Waals surface area contributed by atoms with Crippen molar-refractivity contribution >= 4 is 43.3 Å². The molecule has 1 atom stereocenters. The van der Waals surface area contributed by atoms with Crippen molar-refractivity contribution in [2.75, 3.05) is 0 Å². The maximum Gasteiger partial charge on any atom is 0.230 e. The Kier molecular flexibility index (Phi) is 3.68. The average molecular weight is 347 g/mol. The number of rotatable bonds is 3. The topological polar surface area (TPSA) is 20.9 Å². The molecule has 3 aromatic rings. The van der Waals surface area contributed by atoms with Gasteiger partial charge in [0.05, 0.1) is 0 Å². The first-order valence-corrected chi connectivity index (χ1v) is 8.01. The van der Waals surface area contributed by atoms with Crippen LogP contribution in [0.25, 0.3) is 10.2 Å². The molecular formula is C16H13BrNOS+. The lowest BCUT2D eigenvalue weighted by molar-refractivity contribution is -0.675. The van der Waals surface area contributed by atoms with E-state index < -0.39 is 0 Å². The van der Waals surface area contributed by atoms with Gasteiger partial charge < -0.3 is 0 Å². The van der Waals surface area contributed by atoms with Crippen LogP contribution < -0.4 is 4.57 Å². The number of Topliss-reactive ketones (excluding diaryl/α,β-unsaturated/α-hetero) is 1. The highest BCUT2D eigenvalue weighted by atomic mass is 79.9. The van der Waals surface area contributed by atoms with Gasteiger partial charge in [0.15, 0.2) is 0 Å². The second-order valence-corrected chi connectivity index (χ2v) is 6.45. The molecule has 0 spiro atoms. The molecule has 0 fully saturated rings. The highest BCUT2D eigenvalue weighted by molar-refractivity contribution is 9.10. The summed E-state index contributed by atoms with van der Waals surface area (Å²) in [4.78, 5) is 12.6. The van der Waals surface area contributed by atoms with Gasteiger partial charge in [-0.15, -0.1) is 0 Å². The smallest absolute Gasteiger partial charge is 0.230 e. The monoisotopic (exact) mass is 346 g/mol. The number of hydrogen-bond acceptors (Lipinski definition) is 2. The van der Waals surface area contributed by atoms with Crippen LogP contribution in [-0.4, -0.2) is 5.78 Å². The third-order valence-corrected chi connectivity index (χ3v) is 4.82. The van der Waals surface area contributed by atoms with Gasteiger partial charge in [-0.25, -0.2) is 0 Å². The van der Waals surface area contributed by atoms with Gasteiger partial charge in [0.25, 0.3) is 0 Å². The summed E-state index contributed by atoms with van der Waals surface area (Å²) in [6.07, 6.45) is 0. The van der Waals surface area contributed by atoms with Crippen LogP contribution >= 0.6 is 27.3 Å². The molecule has 1 aromatic heterocycles. The zero-order valence-electron chi connectivity index (χ0n) is 10.9. The van der Waals surface area contributed by atoms with E-state index >= 15 is 0 Å². The van der Waals surface area contributed by atoms with Gasteiger partial charge in [-0.1, -0.05) is 51.5 Å². The molecule has 4 heteroatoms. The second-order valence-electron chi connectivity index (χ2n) is 4.65. The summed E-state index contributed by atoms with van der Waals surface area (Å²) in [5.41, 5.74) is 3.87. The quantitative estimate of drug-likeness (QED) is 0.508. The lowest BCUT2D eigenvalue weighted by Crippen LogP contribution is -2.40. The van der Waals surface area contributed by atoms with E-state index in [4.69, 9.17) is 0 Å². The van der Waals surface area contributed by atoms with Crippen molar-refractivity contribution in [2.24, 2.45) is 0 Å². The summed E-state index contributed by atoms with van der Waals surface area (Å²) in [5, 5.41) is 0. The number of benzene rings is 2. The molecular weight excluding hydrogens is 334 g/mol. The van der Waals surface area contributed by atoms with Gasteiger partial charge in [-0.3, -0.25) is 4.79 Å². The molecule has 0 saturated carbocycles. The molecule has 2 aromatic carbocycles. The maximum absolute atomic E-state index is 12.6. The largest absolute Gasteiger partial charge is 0.287 e. The summed E-state index contributed by atoms with van der Waals surface area (Å²) in [6, 6.07) is 15.5. The Morgan fingerprint density at radius 1 is 1.15 bits per heavy atom. The number of carbonyl (C=O) groups excluding carboxylic acids is 1. The van der Waals surface area contributed by atoms with Crippen molar-refractivity contribution in [3.63, 3.8) is 0 Å². The van der Waals surface area contributed by atoms with Crippen molar-refractivity contribution in [2.45, 2.75) is 13.0 Å². The molecule has 0 aliphatic carbocycles. The number of thiazole rings is 1. The van der Waals surface area contributed by atoms with Gasteiger partial charge in [0.2, 0.25) is 22.9 Å². The Labute approximate surface area is 129 Å². The first-order chi connectivity index (χ1) is 9.66. The fraction of sp³-hybridized carbons (Fsp3) is 0.125. The number of halogens is 1. The molecule has 20 heavy (non-hydrogen) atoms. The SMILES string of the molecule is CC(C(=O)c1ccc(Br)cc1)[n+]1csc2ccccc21. The van der Waals surface area contributed by atoms with E-state index in [0.717, 1.165) is 15.6 Å². The van der Waals surface area contributed by atoms with Crippen molar-refractivity contribution in [1.82, 2.24) is 0 Å². The number of carbonyl (C=O) groups is 1. The molecule has 1 heterocycles. The fourth-order valence-electron chi connectivity index (χ4n) is 2.22. The molecule has 0 radical (unpaired) electrons. The van der Waals surface area contributed by atoms with Gasteiger partial charge >= 0.3 is 0 Å². The number of ketones is 1. The van der Waals surface area contributed by atoms with E-state index in [1.807, 2.05) is 53.4 Å². The van der Waals surface area contributed by atoms with E-state index in [2.05, 4.69) is 28.1 Å². The Balaban J connectivity index is 1.97. The predicted molar refractivity (Wildman–Crippen MR) is 85.2 cm³/mol. The van der Waals surface area contributed by atoms with E-state index in [1.165, 1.54) is 4.70 Å². The first-order valence-electron chi connectivity index (χ1n) is 6.34. The molecule has 0 bridgehead atoms. The van der Waals surface area contributed by atoms with E-state index in [0.29, 0.717) is 0 Å². The number of fused-ring (bicyclic) bond motifs is 1. The standard InChI is InChI=1S/C16H13BrNOS/c1-11(16(19)12-6-8-13(17)9-7-12)18-10-20-15-5-3-2-4-14(15)18/h2-11H,1H3/q+1. The molecule has 100 valence electrons. The van der Waals surface area contributed by atoms with Gasteiger partial charge in [-0.2, -0.15) is 4.57 Å². The Morgan fingerprint density at radius 2 is 1.85 bits per heavy atom. The van der Waals surface area contributed by atoms with E-state index in [-0.39, 0.29) is 11.8 Å². The third-order valence-electron chi connectivity index (χ3n) is 3.36. The molecule has 1 unspecified atom stereocenters. The lowest BCUT2D eigenvalue weighted by Gasteiger charge is -2.05. The first kappa shape index (κ1) is 13.5. The fourth-order valence-corrected chi connectivity index (χ4v) is 3.46. The minimum atomic E-state index is -0.202. The molecule has 0 amide bonds. The van der Waals surface area contributed by atoms with Crippen LogP contribution in [0.15, 0.2) is 58.5 Å². The molecule has 0 aliphatic heterocycles. The van der Waals surface area contributed by atoms with Crippen LogP contribution in [0.2, 0.25) is 0 Å². The van der Waals surface area contributed by atoms with Gasteiger partial charge in [0, 0.05) is 23.0 Å². The number of aromatic nitrogens is 1. The van der Waals surface area contributed by atoms with Crippen molar-refractivity contribution in [3.05, 3.63) is 64.1 Å². The molecule has 0 N–H and O–H groups in total. The summed E-state index contributed by atoms with van der Waals surface area (Å²) >= 11 is 5.05. The van der Waals surface area contributed by atoms with Crippen LogP contribution in [0, 0.1) is 0 Å². The zero-order valence-corrected chi connectivity index (χ0v) is 13.3. The Bertz CT molecular complexity index is 764. The summed E-state index contributed by atoms with van der Waals surface area (Å²) in [7, 11) is 0. The summed E-state index contributed by atoms with van der Waals surface area (Å²) in [6.45, 7) is 1.95. The number of para-hydroxylation sites is 1. The van der Waals surface area contributed by atoms with Crippen molar-refractivity contribution in [3.8, 4) is 0 Å². The summed E-state index contributed by atoms with van der Waals surface area (Å²) in [5.74, 6) is 0.131. The predicted octanol–water partition coefficient (Wildman–Crippen LogP) is 4.40. The highest BCUT2D eigenvalue weighted by Gasteiger charge is 2.26. The van der Waals surface area contributed by atoms with Crippen LogP contribution in [-0.2, 0) is 0 Å². The van der Waals surface area contributed by atoms with Crippen LogP contribution in [0.4, 0.5) is 0 Å². The second kappa shape index (κ2) is 5.46. The normalized spacial score (nSPS) is 12.5. The van der Waals surface area contributed by atoms with E-state index in [9.17, 15) is 4.79 Å². The van der Waals surface area contributed by atoms with Gasteiger partial charge in [-0.05, 0) is 18.2 Å². The molecule has 0 saturated heterocycles. The molecule has 0 aliphatic rings. The minimum Gasteiger partial charge on any atom is -0.287 e. The highest BCUT2D eigenvalue weighted by Crippen LogP contribution is 2.19. The van der Waals surface area contributed by atoms with E-state index in [1.54, 1.807) is 11.3 Å². The van der Waals surface area contributed by atoms with Crippen LogP contribution in [0.1, 0.15) is 23.3 Å². The number of hydrogen-bond donors (Lipinski definition) is 0. The Morgan fingerprint density at radius 3 is 2.60 bits per heavy atom. The van der Waals surface area contributed by atoms with Crippen molar-refractivity contribution in [1.29, 1.82) is 0 Å². The third kappa shape index (κ3) is 2.41. The van der Waals surface area contributed by atoms with Crippen LogP contribution in [0.3, 0.4) is 0 Å².